The van der Waals surface area contributed by atoms with E-state index in [0.29, 0.717) is 0 Å². The van der Waals surface area contributed by atoms with Crippen molar-refractivity contribution >= 4 is 11.6 Å². The zero-order chi connectivity index (χ0) is 15.0. The van der Waals surface area contributed by atoms with Crippen LogP contribution in [-0.4, -0.2) is 26.0 Å². The van der Waals surface area contributed by atoms with Crippen molar-refractivity contribution in [3.8, 4) is 0 Å². The molecule has 0 spiro atoms. The number of benzene rings is 1. The van der Waals surface area contributed by atoms with Gasteiger partial charge in [0, 0.05) is 31.4 Å². The van der Waals surface area contributed by atoms with Gasteiger partial charge in [0.25, 0.3) is 5.91 Å². The Morgan fingerprint density at radius 1 is 1.15 bits per heavy atom. The molecule has 0 unspecified atom stereocenters. The number of amides is 1. The van der Waals surface area contributed by atoms with Gasteiger partial charge >= 0.3 is 0 Å². The lowest BCUT2D eigenvalue weighted by Gasteiger charge is -2.15. The van der Waals surface area contributed by atoms with Crippen molar-refractivity contribution in [3.63, 3.8) is 0 Å². The van der Waals surface area contributed by atoms with E-state index in [1.54, 1.807) is 0 Å². The first-order valence-corrected chi connectivity index (χ1v) is 7.62. The Morgan fingerprint density at radius 3 is 2.35 bits per heavy atom. The number of nitrogens with one attached hydrogen (secondary N) is 1. The van der Waals surface area contributed by atoms with Crippen molar-refractivity contribution < 1.29 is 4.79 Å². The van der Waals surface area contributed by atoms with Crippen LogP contribution in [0.2, 0.25) is 0 Å². The third-order valence-corrected chi connectivity index (χ3v) is 3.51. The van der Waals surface area contributed by atoms with Crippen molar-refractivity contribution in [2.75, 3.05) is 19.0 Å². The maximum Gasteiger partial charge on any atom is 0.251 e. The minimum absolute atomic E-state index is 0.0262. The van der Waals surface area contributed by atoms with Gasteiger partial charge in [-0.15, -0.1) is 0 Å². The molecular formula is C17H28N2O. The maximum absolute atomic E-state index is 12.1. The monoisotopic (exact) mass is 276 g/mol. The minimum Gasteiger partial charge on any atom is -0.378 e. The van der Waals surface area contributed by atoms with Crippen LogP contribution in [-0.2, 0) is 0 Å². The number of rotatable bonds is 8. The summed E-state index contributed by atoms with van der Waals surface area (Å²) in [5, 5.41) is 3.07. The topological polar surface area (TPSA) is 32.3 Å². The summed E-state index contributed by atoms with van der Waals surface area (Å²) < 4.78 is 0. The molecule has 0 radical (unpaired) electrons. The predicted molar refractivity (Wildman–Crippen MR) is 86.5 cm³/mol. The molecule has 0 heterocycles. The average molecular weight is 276 g/mol. The Labute approximate surface area is 123 Å². The van der Waals surface area contributed by atoms with Gasteiger partial charge in [0.15, 0.2) is 0 Å². The third kappa shape index (κ3) is 5.64. The van der Waals surface area contributed by atoms with Crippen molar-refractivity contribution in [2.45, 2.75) is 52.0 Å². The highest BCUT2D eigenvalue weighted by atomic mass is 16.1. The van der Waals surface area contributed by atoms with Gasteiger partial charge in [0.1, 0.15) is 0 Å². The quantitative estimate of drug-likeness (QED) is 0.732. The van der Waals surface area contributed by atoms with E-state index in [1.807, 2.05) is 43.3 Å². The van der Waals surface area contributed by atoms with E-state index in [9.17, 15) is 4.79 Å². The van der Waals surface area contributed by atoms with Crippen LogP contribution in [0.5, 0.6) is 0 Å². The molecule has 0 bridgehead atoms. The number of hydrogen-bond acceptors (Lipinski definition) is 2. The number of unbranched alkanes of at least 4 members (excludes halogenated alkanes) is 3. The molecule has 1 N–H and O–H groups in total. The van der Waals surface area contributed by atoms with Crippen LogP contribution < -0.4 is 10.2 Å². The van der Waals surface area contributed by atoms with E-state index in [2.05, 4.69) is 19.2 Å². The number of nitrogens with zero attached hydrogens (tertiary/aromatic N) is 1. The highest BCUT2D eigenvalue weighted by Gasteiger charge is 2.09. The second-order valence-electron chi connectivity index (χ2n) is 5.67. The van der Waals surface area contributed by atoms with Gasteiger partial charge in [-0.2, -0.15) is 0 Å². The first kappa shape index (κ1) is 16.5. The number of hydrogen-bond donors (Lipinski definition) is 1. The second kappa shape index (κ2) is 8.62. The Bertz CT molecular complexity index is 398. The van der Waals surface area contributed by atoms with Gasteiger partial charge in [0.05, 0.1) is 0 Å². The van der Waals surface area contributed by atoms with Crippen molar-refractivity contribution in [1.82, 2.24) is 5.32 Å². The van der Waals surface area contributed by atoms with Crippen molar-refractivity contribution in [3.05, 3.63) is 29.8 Å². The Balaban J connectivity index is 2.41. The molecule has 1 atom stereocenters. The number of carbonyl (C=O) groups excluding carboxylic acids is 1. The molecule has 1 aromatic rings. The highest BCUT2D eigenvalue weighted by Crippen LogP contribution is 2.12. The molecule has 0 aromatic heterocycles. The Morgan fingerprint density at radius 2 is 1.80 bits per heavy atom. The lowest BCUT2D eigenvalue weighted by Crippen LogP contribution is -2.32. The van der Waals surface area contributed by atoms with Crippen molar-refractivity contribution in [1.29, 1.82) is 0 Å². The molecule has 3 nitrogen and oxygen atoms in total. The zero-order valence-corrected chi connectivity index (χ0v) is 13.3. The van der Waals surface area contributed by atoms with Gasteiger partial charge in [-0.05, 0) is 37.6 Å². The van der Waals surface area contributed by atoms with Crippen LogP contribution in [0.15, 0.2) is 24.3 Å². The van der Waals surface area contributed by atoms with Crippen LogP contribution in [0, 0.1) is 0 Å². The molecule has 3 heteroatoms. The first-order chi connectivity index (χ1) is 9.54. The van der Waals surface area contributed by atoms with Gasteiger partial charge in [-0.25, -0.2) is 0 Å². The van der Waals surface area contributed by atoms with Crippen LogP contribution >= 0.6 is 0 Å². The summed E-state index contributed by atoms with van der Waals surface area (Å²) in [6.07, 6.45) is 6.04. The maximum atomic E-state index is 12.1. The molecule has 20 heavy (non-hydrogen) atoms. The average Bonchev–Trinajstić information content (AvgIpc) is 2.43. The Kier molecular flexibility index (Phi) is 7.13. The molecular weight excluding hydrogens is 248 g/mol. The summed E-state index contributed by atoms with van der Waals surface area (Å²) in [7, 11) is 3.99. The smallest absolute Gasteiger partial charge is 0.251 e. The van der Waals surface area contributed by atoms with E-state index < -0.39 is 0 Å². The van der Waals surface area contributed by atoms with Gasteiger partial charge < -0.3 is 10.2 Å². The largest absolute Gasteiger partial charge is 0.378 e. The molecule has 1 rings (SSSR count). The zero-order valence-electron chi connectivity index (χ0n) is 13.3. The van der Waals surface area contributed by atoms with E-state index in [4.69, 9.17) is 0 Å². The molecule has 0 aliphatic heterocycles. The minimum atomic E-state index is 0.0262. The van der Waals surface area contributed by atoms with Gasteiger partial charge in [0.2, 0.25) is 0 Å². The fraction of sp³-hybridized carbons (Fsp3) is 0.588. The lowest BCUT2D eigenvalue weighted by atomic mass is 10.1. The fourth-order valence-electron chi connectivity index (χ4n) is 2.17. The Hall–Kier alpha value is -1.51. The molecule has 0 aliphatic carbocycles. The molecule has 1 amide bonds. The lowest BCUT2D eigenvalue weighted by molar-refractivity contribution is 0.0938. The molecule has 0 saturated heterocycles. The molecule has 0 fully saturated rings. The predicted octanol–water partition coefficient (Wildman–Crippen LogP) is 3.84. The number of carbonyl (C=O) groups is 1. The molecule has 0 aliphatic rings. The summed E-state index contributed by atoms with van der Waals surface area (Å²) in [6, 6.07) is 7.96. The van der Waals surface area contributed by atoms with E-state index in [-0.39, 0.29) is 11.9 Å². The van der Waals surface area contributed by atoms with E-state index >= 15 is 0 Å². The molecule has 1 aromatic carbocycles. The summed E-state index contributed by atoms with van der Waals surface area (Å²) in [6.45, 7) is 4.29. The van der Waals surface area contributed by atoms with E-state index in [0.717, 1.165) is 17.7 Å². The van der Waals surface area contributed by atoms with Crippen LogP contribution in [0.1, 0.15) is 56.3 Å². The standard InChI is InChI=1S/C17H28N2O/c1-5-6-7-8-9-14(2)18-17(20)15-10-12-16(13-11-15)19(3)4/h10-14H,5-9H2,1-4H3,(H,18,20)/t14-/m1/s1. The van der Waals surface area contributed by atoms with Crippen molar-refractivity contribution in [2.24, 2.45) is 0 Å². The summed E-state index contributed by atoms with van der Waals surface area (Å²) in [4.78, 5) is 14.1. The SMILES string of the molecule is CCCCCC[C@@H](C)NC(=O)c1ccc(N(C)C)cc1. The second-order valence-corrected chi connectivity index (χ2v) is 5.67. The van der Waals surface area contributed by atoms with Crippen LogP contribution in [0.4, 0.5) is 5.69 Å². The molecule has 112 valence electrons. The van der Waals surface area contributed by atoms with Crippen LogP contribution in [0.25, 0.3) is 0 Å². The molecule has 0 saturated carbocycles. The summed E-state index contributed by atoms with van der Waals surface area (Å²) >= 11 is 0. The highest BCUT2D eigenvalue weighted by molar-refractivity contribution is 5.94. The fourth-order valence-corrected chi connectivity index (χ4v) is 2.17. The van der Waals surface area contributed by atoms with Crippen LogP contribution in [0.3, 0.4) is 0 Å². The van der Waals surface area contributed by atoms with Gasteiger partial charge in [-0.1, -0.05) is 32.6 Å². The summed E-state index contributed by atoms with van der Waals surface area (Å²) in [5.41, 5.74) is 1.84. The third-order valence-electron chi connectivity index (χ3n) is 3.51. The van der Waals surface area contributed by atoms with E-state index in [1.165, 1.54) is 25.7 Å². The number of anilines is 1. The van der Waals surface area contributed by atoms with Gasteiger partial charge in [-0.3, -0.25) is 4.79 Å². The normalized spacial score (nSPS) is 12.0. The summed E-state index contributed by atoms with van der Waals surface area (Å²) in [5.74, 6) is 0.0262. The first-order valence-electron chi connectivity index (χ1n) is 7.62.